The van der Waals surface area contributed by atoms with Gasteiger partial charge in [-0.25, -0.2) is 0 Å². The zero-order chi connectivity index (χ0) is 26.1. The van der Waals surface area contributed by atoms with Crippen molar-refractivity contribution in [2.75, 3.05) is 0 Å². The molecule has 0 aliphatic carbocycles. The topological polar surface area (TPSA) is 40.6 Å². The van der Waals surface area contributed by atoms with Crippen LogP contribution in [0.1, 0.15) is 83.1 Å². The minimum atomic E-state index is -3.44. The van der Waals surface area contributed by atoms with Crippen LogP contribution in [0.25, 0.3) is 0 Å². The van der Waals surface area contributed by atoms with Crippen LogP contribution in [0.4, 0.5) is 0 Å². The van der Waals surface area contributed by atoms with Crippen molar-refractivity contribution >= 4 is 64.2 Å². The Morgan fingerprint density at radius 2 is 0.485 bits per heavy atom. The van der Waals surface area contributed by atoms with Crippen molar-refractivity contribution in [1.29, 1.82) is 0 Å². The van der Waals surface area contributed by atoms with Gasteiger partial charge in [-0.2, -0.15) is 0 Å². The summed E-state index contributed by atoms with van der Waals surface area (Å²) in [5.74, 6) is 0. The van der Waals surface area contributed by atoms with E-state index in [1.807, 2.05) is 0 Å². The molecule has 0 rings (SSSR count). The first kappa shape index (κ1) is 35.0. The van der Waals surface area contributed by atoms with E-state index < -0.39 is 64.2 Å². The molecule has 4 nitrogen and oxygen atoms in total. The Labute approximate surface area is 221 Å². The van der Waals surface area contributed by atoms with E-state index in [4.69, 9.17) is 0 Å². The summed E-state index contributed by atoms with van der Waals surface area (Å²) in [6.07, 6.45) is 0. The molecule has 0 fully saturated rings. The van der Waals surface area contributed by atoms with Crippen LogP contribution >= 0.6 is 0 Å². The number of rotatable bonds is 18. The molecule has 0 aromatic rings. The van der Waals surface area contributed by atoms with Gasteiger partial charge in [-0.3, -0.25) is 0 Å². The summed E-state index contributed by atoms with van der Waals surface area (Å²) in [7, 11) is -3.44. The van der Waals surface area contributed by atoms with Gasteiger partial charge < -0.3 is 0 Å². The average molecular weight is 731 g/mol. The Balaban J connectivity index is 7.81. The molecule has 0 amide bonds. The summed E-state index contributed by atoms with van der Waals surface area (Å²) >= 11 is -11.2. The molecule has 9 heteroatoms. The molecule has 0 saturated heterocycles. The van der Waals surface area contributed by atoms with Crippen LogP contribution in [-0.2, 0) is 10.2 Å². The van der Waals surface area contributed by atoms with Gasteiger partial charge in [0.15, 0.2) is 0 Å². The van der Waals surface area contributed by atoms with Crippen molar-refractivity contribution < 1.29 is 8.42 Å². The number of nitrogens with zero attached hydrogens (tertiary/aromatic N) is 2. The molecule has 0 aliphatic rings. The maximum atomic E-state index is 15.6. The molecule has 0 atom stereocenters. The molecule has 0 bridgehead atoms. The zero-order valence-corrected chi connectivity index (χ0v) is 33.8. The van der Waals surface area contributed by atoms with E-state index in [0.29, 0.717) is 0 Å². The quantitative estimate of drug-likeness (QED) is 0.132. The SMILES string of the molecule is C[CH2][Ge]([CH2]C)([CH2]C)[N](S(=O)(=O)[N]([Ge]([CH2]C)([CH2]C)[CH2]C)[Ge]([CH2]C)([CH2]C)[CH2]C)[Ge]([CH2]C)([CH2]C)[CH2]C. The molecule has 0 unspecified atom stereocenters. The van der Waals surface area contributed by atoms with Crippen molar-refractivity contribution in [3.05, 3.63) is 0 Å². The van der Waals surface area contributed by atoms with Crippen LogP contribution in [0.3, 0.4) is 0 Å². The van der Waals surface area contributed by atoms with E-state index in [2.05, 4.69) is 87.5 Å². The van der Waals surface area contributed by atoms with E-state index >= 15 is 8.42 Å². The third-order valence-electron chi connectivity index (χ3n) is 10.1. The Morgan fingerprint density at radius 1 is 0.364 bits per heavy atom. The van der Waals surface area contributed by atoms with Crippen LogP contribution < -0.4 is 0 Å². The van der Waals surface area contributed by atoms with Gasteiger partial charge in [-0.1, -0.05) is 0 Å². The van der Waals surface area contributed by atoms with Crippen LogP contribution in [0.15, 0.2) is 0 Å². The Kier molecular flexibility index (Phi) is 15.8. The van der Waals surface area contributed by atoms with E-state index in [0.717, 1.165) is 63.0 Å². The van der Waals surface area contributed by atoms with Crippen molar-refractivity contribution in [2.24, 2.45) is 0 Å². The third-order valence-corrected chi connectivity index (χ3v) is 85.9. The second-order valence-corrected chi connectivity index (χ2v) is 60.6. The fraction of sp³-hybridized carbons (Fsp3) is 1.00. The molecule has 0 saturated carbocycles. The summed E-state index contributed by atoms with van der Waals surface area (Å²) in [5, 5.41) is 13.4. The summed E-state index contributed by atoms with van der Waals surface area (Å²) < 4.78 is 36.2. The van der Waals surface area contributed by atoms with Crippen molar-refractivity contribution in [3.8, 4) is 0 Å². The van der Waals surface area contributed by atoms with Crippen LogP contribution in [0.5, 0.6) is 0 Å². The number of hydrogen-bond donors (Lipinski definition) is 0. The first-order valence-electron chi connectivity index (χ1n) is 14.3. The van der Waals surface area contributed by atoms with Gasteiger partial charge in [0.1, 0.15) is 0 Å². The van der Waals surface area contributed by atoms with Gasteiger partial charge in [0.25, 0.3) is 0 Å². The monoisotopic (exact) mass is 736 g/mol. The Morgan fingerprint density at radius 3 is 0.576 bits per heavy atom. The molecule has 0 aliphatic heterocycles. The van der Waals surface area contributed by atoms with Gasteiger partial charge in [0.05, 0.1) is 0 Å². The van der Waals surface area contributed by atoms with Gasteiger partial charge in [0, 0.05) is 0 Å². The summed E-state index contributed by atoms with van der Waals surface area (Å²) in [6, 6.07) is 0. The van der Waals surface area contributed by atoms with Gasteiger partial charge in [-0.05, 0) is 0 Å². The van der Waals surface area contributed by atoms with Crippen LogP contribution in [-0.4, -0.2) is 66.8 Å². The first-order valence-corrected chi connectivity index (χ1v) is 37.3. The van der Waals surface area contributed by atoms with E-state index in [1.54, 1.807) is 0 Å². The Hall–Kier alpha value is 2.04. The summed E-state index contributed by atoms with van der Waals surface area (Å²) in [5.41, 5.74) is 0. The summed E-state index contributed by atoms with van der Waals surface area (Å²) in [4.78, 5) is 0. The Bertz CT molecular complexity index is 536. The standard InChI is InChI=1S/C24H60Ge4N2O2S/c1-13-25(14-2,15-3)29(26(16-4,17-5)18-6)33(31,32)30(27(19-7,20-8)21-9)28(22-10,23-11)24-12/h13-24H2,1-12H3. The fourth-order valence-corrected chi connectivity index (χ4v) is 102. The molecule has 0 aromatic heterocycles. The molecular formula is C24H60Ge4N2O2S. The second-order valence-electron chi connectivity index (χ2n) is 10.2. The number of hydrogen-bond acceptors (Lipinski definition) is 2. The normalized spacial score (nSPS) is 14.5. The van der Waals surface area contributed by atoms with Gasteiger partial charge in [-0.15, -0.1) is 0 Å². The molecule has 0 N–H and O–H groups in total. The molecule has 0 radical (unpaired) electrons. The second kappa shape index (κ2) is 14.8. The van der Waals surface area contributed by atoms with Crippen LogP contribution in [0.2, 0.25) is 63.0 Å². The van der Waals surface area contributed by atoms with Crippen molar-refractivity contribution in [2.45, 2.75) is 146 Å². The summed E-state index contributed by atoms with van der Waals surface area (Å²) in [6.45, 7) is 28.0. The van der Waals surface area contributed by atoms with Crippen molar-refractivity contribution in [1.82, 2.24) is 4.44 Å². The third kappa shape index (κ3) is 6.38. The molecule has 0 aromatic carbocycles. The predicted molar refractivity (Wildman–Crippen MR) is 161 cm³/mol. The van der Waals surface area contributed by atoms with Gasteiger partial charge >= 0.3 is 223 Å². The van der Waals surface area contributed by atoms with E-state index in [-0.39, 0.29) is 0 Å². The maximum absolute atomic E-state index is 15.6. The minimum absolute atomic E-state index is 1.11. The van der Waals surface area contributed by atoms with Crippen LogP contribution in [0, 0.1) is 0 Å². The molecule has 200 valence electrons. The molecule has 33 heavy (non-hydrogen) atoms. The fourth-order valence-electron chi connectivity index (χ4n) is 6.79. The van der Waals surface area contributed by atoms with Gasteiger partial charge in [0.2, 0.25) is 0 Å². The van der Waals surface area contributed by atoms with E-state index in [9.17, 15) is 0 Å². The molecular weight excluding hydrogens is 671 g/mol. The predicted octanol–water partition coefficient (Wildman–Crippen LogP) is 8.86. The molecule has 0 spiro atoms. The van der Waals surface area contributed by atoms with E-state index in [1.165, 1.54) is 0 Å². The first-order chi connectivity index (χ1) is 15.5. The zero-order valence-electron chi connectivity index (χ0n) is 24.6. The molecule has 0 heterocycles. The average Bonchev–Trinajstić information content (AvgIpc) is 2.86. The van der Waals surface area contributed by atoms with Crippen molar-refractivity contribution in [3.63, 3.8) is 0 Å².